The quantitative estimate of drug-likeness (QED) is 0.888. The monoisotopic (exact) mass is 326 g/mol. The predicted molar refractivity (Wildman–Crippen MR) is 87.9 cm³/mol. The van der Waals surface area contributed by atoms with Gasteiger partial charge in [-0.05, 0) is 17.5 Å². The normalized spacial score (nSPS) is 9.81. The molecule has 0 aliphatic rings. The lowest BCUT2D eigenvalue weighted by Gasteiger charge is -2.22. The number of hydrogen-bond donors (Lipinski definition) is 1. The molecular weight excluding hydrogens is 308 g/mol. The maximum Gasteiger partial charge on any atom is 0.236 e. The maximum atomic E-state index is 12.0. The zero-order chi connectivity index (χ0) is 14.4. The molecule has 0 saturated carbocycles. The molecule has 0 radical (unpaired) electrons. The lowest BCUT2D eigenvalue weighted by molar-refractivity contribution is -0.130. The van der Waals surface area contributed by atoms with Crippen LogP contribution in [0.5, 0.6) is 5.75 Å². The van der Waals surface area contributed by atoms with Crippen molar-refractivity contribution < 1.29 is 9.53 Å². The first kappa shape index (κ1) is 17.5. The standard InChI is InChI=1S/C15H18N2O2S.ClH/c1-19-14-7-3-2-5-12(14)10-17(15(18)9-16)11-13-6-4-8-20-13;/h2-8H,9-11,16H2,1H3;1H. The van der Waals surface area contributed by atoms with E-state index in [1.807, 2.05) is 41.8 Å². The molecule has 2 rings (SSSR count). The Labute approximate surface area is 134 Å². The molecule has 1 aromatic carbocycles. The SMILES string of the molecule is COc1ccccc1CN(Cc1cccs1)C(=O)CN.Cl. The first-order chi connectivity index (χ1) is 9.74. The van der Waals surface area contributed by atoms with E-state index in [-0.39, 0.29) is 24.9 Å². The summed E-state index contributed by atoms with van der Waals surface area (Å²) in [5.74, 6) is 0.720. The van der Waals surface area contributed by atoms with Crippen LogP contribution in [0.25, 0.3) is 0 Å². The highest BCUT2D eigenvalue weighted by Gasteiger charge is 2.15. The largest absolute Gasteiger partial charge is 0.496 e. The summed E-state index contributed by atoms with van der Waals surface area (Å²) >= 11 is 1.63. The summed E-state index contributed by atoms with van der Waals surface area (Å²) in [5, 5.41) is 2.00. The fourth-order valence-corrected chi connectivity index (χ4v) is 2.71. The Hall–Kier alpha value is -1.56. The Kier molecular flexibility index (Phi) is 7.22. The van der Waals surface area contributed by atoms with Gasteiger partial charge in [-0.25, -0.2) is 0 Å². The topological polar surface area (TPSA) is 55.6 Å². The number of thiophene rings is 1. The number of nitrogens with two attached hydrogens (primary N) is 1. The number of methoxy groups -OCH3 is 1. The summed E-state index contributed by atoms with van der Waals surface area (Å²) in [4.78, 5) is 14.9. The van der Waals surface area contributed by atoms with Gasteiger partial charge in [0.05, 0.1) is 20.2 Å². The number of hydrogen-bond acceptors (Lipinski definition) is 4. The van der Waals surface area contributed by atoms with E-state index in [9.17, 15) is 4.79 Å². The van der Waals surface area contributed by atoms with Crippen LogP contribution in [0.1, 0.15) is 10.4 Å². The molecule has 0 saturated heterocycles. The zero-order valence-electron chi connectivity index (χ0n) is 11.8. The van der Waals surface area contributed by atoms with Crippen LogP contribution in [-0.4, -0.2) is 24.5 Å². The average molecular weight is 327 g/mol. The first-order valence-corrected chi connectivity index (χ1v) is 7.24. The summed E-state index contributed by atoms with van der Waals surface area (Å²) in [7, 11) is 1.63. The van der Waals surface area contributed by atoms with Crippen molar-refractivity contribution in [3.05, 3.63) is 52.2 Å². The number of nitrogens with zero attached hydrogens (tertiary/aromatic N) is 1. The van der Waals surface area contributed by atoms with Crippen molar-refractivity contribution in [1.82, 2.24) is 4.90 Å². The highest BCUT2D eigenvalue weighted by molar-refractivity contribution is 7.09. The van der Waals surface area contributed by atoms with Crippen LogP contribution in [0, 0.1) is 0 Å². The third kappa shape index (κ3) is 4.74. The molecule has 2 aromatic rings. The van der Waals surface area contributed by atoms with Crippen molar-refractivity contribution in [2.45, 2.75) is 13.1 Å². The van der Waals surface area contributed by atoms with Gasteiger partial charge in [-0.2, -0.15) is 0 Å². The number of carbonyl (C=O) groups is 1. The fraction of sp³-hybridized carbons (Fsp3) is 0.267. The minimum Gasteiger partial charge on any atom is -0.496 e. The number of amides is 1. The van der Waals surface area contributed by atoms with E-state index in [2.05, 4.69) is 0 Å². The van der Waals surface area contributed by atoms with E-state index >= 15 is 0 Å². The molecule has 0 aliphatic heterocycles. The summed E-state index contributed by atoms with van der Waals surface area (Å²) in [6.45, 7) is 1.09. The van der Waals surface area contributed by atoms with E-state index in [1.165, 1.54) is 0 Å². The summed E-state index contributed by atoms with van der Waals surface area (Å²) in [6, 6.07) is 11.7. The molecule has 2 N–H and O–H groups in total. The lowest BCUT2D eigenvalue weighted by atomic mass is 10.2. The molecular formula is C15H19ClN2O2S. The number of ether oxygens (including phenoxy) is 1. The molecule has 0 unspecified atom stereocenters. The van der Waals surface area contributed by atoms with E-state index < -0.39 is 0 Å². The molecule has 0 fully saturated rings. The molecule has 0 spiro atoms. The molecule has 4 nitrogen and oxygen atoms in total. The van der Waals surface area contributed by atoms with Crippen molar-refractivity contribution in [2.75, 3.05) is 13.7 Å². The average Bonchev–Trinajstić information content (AvgIpc) is 2.99. The molecule has 21 heavy (non-hydrogen) atoms. The van der Waals surface area contributed by atoms with Gasteiger partial charge >= 0.3 is 0 Å². The van der Waals surface area contributed by atoms with Crippen molar-refractivity contribution >= 4 is 29.7 Å². The van der Waals surface area contributed by atoms with Crippen molar-refractivity contribution in [3.63, 3.8) is 0 Å². The number of carbonyl (C=O) groups excluding carboxylic acids is 1. The lowest BCUT2D eigenvalue weighted by Crippen LogP contribution is -2.34. The Bertz CT molecular complexity index is 561. The minimum absolute atomic E-state index is 0. The number of rotatable bonds is 6. The second kappa shape index (κ2) is 8.67. The van der Waals surface area contributed by atoms with Crippen LogP contribution < -0.4 is 10.5 Å². The van der Waals surface area contributed by atoms with Gasteiger partial charge in [0, 0.05) is 17.0 Å². The first-order valence-electron chi connectivity index (χ1n) is 6.36. The van der Waals surface area contributed by atoms with Crippen molar-refractivity contribution in [1.29, 1.82) is 0 Å². The molecule has 0 atom stereocenters. The molecule has 1 heterocycles. The van der Waals surface area contributed by atoms with Crippen LogP contribution in [0.15, 0.2) is 41.8 Å². The van der Waals surface area contributed by atoms with Crippen LogP contribution in [-0.2, 0) is 17.9 Å². The van der Waals surface area contributed by atoms with E-state index in [0.717, 1.165) is 16.2 Å². The molecule has 0 aliphatic carbocycles. The summed E-state index contributed by atoms with van der Waals surface area (Å²) < 4.78 is 5.33. The van der Waals surface area contributed by atoms with E-state index in [1.54, 1.807) is 23.3 Å². The Morgan fingerprint density at radius 2 is 2.00 bits per heavy atom. The van der Waals surface area contributed by atoms with E-state index in [4.69, 9.17) is 10.5 Å². The summed E-state index contributed by atoms with van der Waals surface area (Å²) in [6.07, 6.45) is 0. The van der Waals surface area contributed by atoms with E-state index in [0.29, 0.717) is 13.1 Å². The highest BCUT2D eigenvalue weighted by Crippen LogP contribution is 2.21. The Morgan fingerprint density at radius 1 is 1.24 bits per heavy atom. The number of para-hydroxylation sites is 1. The molecule has 1 aromatic heterocycles. The third-order valence-electron chi connectivity index (χ3n) is 3.01. The molecule has 6 heteroatoms. The van der Waals surface area contributed by atoms with Gasteiger partial charge in [0.15, 0.2) is 0 Å². The van der Waals surface area contributed by atoms with Crippen LogP contribution in [0.4, 0.5) is 0 Å². The van der Waals surface area contributed by atoms with Gasteiger partial charge < -0.3 is 15.4 Å². The summed E-state index contributed by atoms with van der Waals surface area (Å²) in [5.41, 5.74) is 6.49. The maximum absolute atomic E-state index is 12.0. The van der Waals surface area contributed by atoms with Crippen molar-refractivity contribution in [2.24, 2.45) is 5.73 Å². The van der Waals surface area contributed by atoms with Gasteiger partial charge in [-0.1, -0.05) is 24.3 Å². The van der Waals surface area contributed by atoms with Gasteiger partial charge in [-0.15, -0.1) is 23.7 Å². The second-order valence-electron chi connectivity index (χ2n) is 4.35. The molecule has 114 valence electrons. The van der Waals surface area contributed by atoms with Gasteiger partial charge in [-0.3, -0.25) is 4.79 Å². The minimum atomic E-state index is -0.0655. The molecule has 1 amide bonds. The van der Waals surface area contributed by atoms with Crippen molar-refractivity contribution in [3.8, 4) is 5.75 Å². The smallest absolute Gasteiger partial charge is 0.236 e. The third-order valence-corrected chi connectivity index (χ3v) is 3.87. The van der Waals surface area contributed by atoms with Gasteiger partial charge in [0.2, 0.25) is 5.91 Å². The van der Waals surface area contributed by atoms with Crippen LogP contribution in [0.2, 0.25) is 0 Å². The van der Waals surface area contributed by atoms with Gasteiger partial charge in [0.25, 0.3) is 0 Å². The number of halogens is 1. The fourth-order valence-electron chi connectivity index (χ4n) is 1.99. The van der Waals surface area contributed by atoms with Gasteiger partial charge in [0.1, 0.15) is 5.75 Å². The Morgan fingerprint density at radius 3 is 2.62 bits per heavy atom. The van der Waals surface area contributed by atoms with Crippen LogP contribution >= 0.6 is 23.7 Å². The predicted octanol–water partition coefficient (Wildman–Crippen LogP) is 2.67. The highest BCUT2D eigenvalue weighted by atomic mass is 35.5. The molecule has 0 bridgehead atoms. The second-order valence-corrected chi connectivity index (χ2v) is 5.38. The number of benzene rings is 1. The van der Waals surface area contributed by atoms with Crippen LogP contribution in [0.3, 0.4) is 0 Å². The Balaban J connectivity index is 0.00000220. The zero-order valence-corrected chi connectivity index (χ0v) is 13.5.